The highest BCUT2D eigenvalue weighted by Gasteiger charge is 2.32. The van der Waals surface area contributed by atoms with Crippen molar-refractivity contribution in [2.45, 2.75) is 38.0 Å². The van der Waals surface area contributed by atoms with E-state index in [1.165, 1.54) is 18.6 Å². The van der Waals surface area contributed by atoms with Gasteiger partial charge in [-0.25, -0.2) is 0 Å². The average molecular weight is 387 g/mol. The summed E-state index contributed by atoms with van der Waals surface area (Å²) in [5.41, 5.74) is 1.99. The molecule has 5 nitrogen and oxygen atoms in total. The summed E-state index contributed by atoms with van der Waals surface area (Å²) in [4.78, 5) is 15.1. The summed E-state index contributed by atoms with van der Waals surface area (Å²) < 4.78 is 28.9. The van der Waals surface area contributed by atoms with Crippen LogP contribution in [0.3, 0.4) is 0 Å². The van der Waals surface area contributed by atoms with Crippen LogP contribution in [-0.2, 0) is 0 Å². The van der Waals surface area contributed by atoms with Crippen LogP contribution in [0.4, 0.5) is 20.2 Å². The Morgan fingerprint density at radius 2 is 1.82 bits per heavy atom. The Labute approximate surface area is 162 Å². The number of benzene rings is 2. The van der Waals surface area contributed by atoms with E-state index in [0.29, 0.717) is 29.0 Å². The van der Waals surface area contributed by atoms with Gasteiger partial charge in [-0.15, -0.1) is 0 Å². The molecule has 0 aliphatic carbocycles. The van der Waals surface area contributed by atoms with Gasteiger partial charge in [-0.2, -0.15) is 8.78 Å². The van der Waals surface area contributed by atoms with Gasteiger partial charge in [0.1, 0.15) is 5.75 Å². The molecule has 0 aromatic heterocycles. The van der Waals surface area contributed by atoms with Crippen LogP contribution in [0.5, 0.6) is 5.75 Å². The predicted molar refractivity (Wildman–Crippen MR) is 103 cm³/mol. The van der Waals surface area contributed by atoms with Gasteiger partial charge in [0.2, 0.25) is 0 Å². The first-order chi connectivity index (χ1) is 13.6. The lowest BCUT2D eigenvalue weighted by atomic mass is 10.1. The highest BCUT2D eigenvalue weighted by atomic mass is 19.3. The third-order valence-corrected chi connectivity index (χ3v) is 5.33. The minimum absolute atomic E-state index is 0.00936. The second kappa shape index (κ2) is 8.14. The molecule has 2 unspecified atom stereocenters. The molecule has 2 saturated heterocycles. The molecule has 2 N–H and O–H groups in total. The van der Waals surface area contributed by atoms with Crippen molar-refractivity contribution < 1.29 is 18.3 Å². The number of alkyl halides is 2. The molecule has 2 bridgehead atoms. The largest absolute Gasteiger partial charge is 0.435 e. The van der Waals surface area contributed by atoms with E-state index in [1.54, 1.807) is 12.1 Å². The summed E-state index contributed by atoms with van der Waals surface area (Å²) in [6.45, 7) is -1.37. The number of likely N-dealkylation sites (tertiary alicyclic amines) is 1. The van der Waals surface area contributed by atoms with Crippen molar-refractivity contribution in [2.75, 3.05) is 18.4 Å². The Morgan fingerprint density at radius 1 is 1.07 bits per heavy atom. The lowest BCUT2D eigenvalue weighted by Gasteiger charge is -2.25. The second-order valence-corrected chi connectivity index (χ2v) is 7.25. The fourth-order valence-electron chi connectivity index (χ4n) is 3.95. The van der Waals surface area contributed by atoms with Crippen molar-refractivity contribution in [3.05, 3.63) is 54.1 Å². The Kier molecular flexibility index (Phi) is 5.43. The molecule has 7 heteroatoms. The van der Waals surface area contributed by atoms with Crippen molar-refractivity contribution in [1.29, 1.82) is 0 Å². The fourth-order valence-corrected chi connectivity index (χ4v) is 3.95. The summed E-state index contributed by atoms with van der Waals surface area (Å²) in [5, 5.41) is 6.80. The summed E-state index contributed by atoms with van der Waals surface area (Å²) in [5.74, 6) is 0.104. The first-order valence-electron chi connectivity index (χ1n) is 9.55. The molecule has 0 spiro atoms. The Morgan fingerprint density at radius 3 is 2.61 bits per heavy atom. The molecular formula is C21H23F2N3O2. The monoisotopic (exact) mass is 387 g/mol. The fraction of sp³-hybridized carbons (Fsp3) is 0.381. The Hall–Kier alpha value is -2.67. The standard InChI is InChI=1S/C21H23F2N3O2/c22-21(23)28-17-9-7-14(8-10-17)25-19-4-2-1-3-18(19)20(27)26-12-11-15-5-6-16(13-26)24-15/h1-4,7-10,15-16,21,24-25H,5-6,11-13H2. The molecule has 2 atom stereocenters. The van der Waals surface area contributed by atoms with E-state index in [9.17, 15) is 13.6 Å². The average Bonchev–Trinajstić information content (AvgIpc) is 3.01. The Bertz CT molecular complexity index is 829. The topological polar surface area (TPSA) is 53.6 Å². The third kappa shape index (κ3) is 4.25. The number of rotatable bonds is 5. The molecule has 2 aliphatic rings. The number of fused-ring (bicyclic) bond motifs is 2. The van der Waals surface area contributed by atoms with Crippen LogP contribution in [0.25, 0.3) is 0 Å². The summed E-state index contributed by atoms with van der Waals surface area (Å²) in [7, 11) is 0. The predicted octanol–water partition coefficient (Wildman–Crippen LogP) is 4.00. The number of anilines is 2. The van der Waals surface area contributed by atoms with Crippen LogP contribution >= 0.6 is 0 Å². The van der Waals surface area contributed by atoms with Crippen molar-refractivity contribution in [1.82, 2.24) is 10.2 Å². The molecule has 0 radical (unpaired) electrons. The zero-order valence-electron chi connectivity index (χ0n) is 15.4. The SMILES string of the molecule is O=C(c1ccccc1Nc1ccc(OC(F)F)cc1)N1CCC2CCC(C1)N2. The number of para-hydroxylation sites is 1. The highest BCUT2D eigenvalue weighted by molar-refractivity contribution is 6.00. The lowest BCUT2D eigenvalue weighted by Crippen LogP contribution is -2.39. The maximum absolute atomic E-state index is 13.2. The first kappa shape index (κ1) is 18.7. The van der Waals surface area contributed by atoms with Gasteiger partial charge in [0.25, 0.3) is 5.91 Å². The number of nitrogens with one attached hydrogen (secondary N) is 2. The van der Waals surface area contributed by atoms with E-state index >= 15 is 0 Å². The van der Waals surface area contributed by atoms with Crippen LogP contribution in [0.15, 0.2) is 48.5 Å². The van der Waals surface area contributed by atoms with Crippen LogP contribution in [0.2, 0.25) is 0 Å². The number of carbonyl (C=O) groups excluding carboxylic acids is 1. The van der Waals surface area contributed by atoms with Gasteiger partial charge in [-0.3, -0.25) is 4.79 Å². The van der Waals surface area contributed by atoms with Gasteiger partial charge in [-0.1, -0.05) is 12.1 Å². The molecule has 4 rings (SSSR count). The number of ether oxygens (including phenoxy) is 1. The summed E-state index contributed by atoms with van der Waals surface area (Å²) in [6.07, 6.45) is 3.28. The van der Waals surface area contributed by atoms with Crippen LogP contribution in [-0.4, -0.2) is 42.6 Å². The number of nitrogens with zero attached hydrogens (tertiary/aromatic N) is 1. The van der Waals surface area contributed by atoms with E-state index in [-0.39, 0.29) is 11.7 Å². The second-order valence-electron chi connectivity index (χ2n) is 7.25. The molecule has 2 fully saturated rings. The molecule has 148 valence electrons. The van der Waals surface area contributed by atoms with E-state index in [1.807, 2.05) is 29.2 Å². The van der Waals surface area contributed by atoms with E-state index in [4.69, 9.17) is 0 Å². The molecule has 28 heavy (non-hydrogen) atoms. The van der Waals surface area contributed by atoms with Crippen molar-refractivity contribution in [3.63, 3.8) is 0 Å². The van der Waals surface area contributed by atoms with Gasteiger partial charge in [-0.05, 0) is 55.7 Å². The molecule has 0 saturated carbocycles. The number of halogens is 2. The van der Waals surface area contributed by atoms with Gasteiger partial charge in [0.05, 0.1) is 11.3 Å². The van der Waals surface area contributed by atoms with Crippen LogP contribution in [0, 0.1) is 0 Å². The van der Waals surface area contributed by atoms with E-state index in [2.05, 4.69) is 15.4 Å². The number of hydrogen-bond donors (Lipinski definition) is 2. The normalized spacial score (nSPS) is 21.5. The number of amides is 1. The summed E-state index contributed by atoms with van der Waals surface area (Å²) in [6, 6.07) is 14.5. The zero-order valence-corrected chi connectivity index (χ0v) is 15.4. The van der Waals surface area contributed by atoms with Gasteiger partial charge >= 0.3 is 6.61 Å². The number of hydrogen-bond acceptors (Lipinski definition) is 4. The van der Waals surface area contributed by atoms with Crippen molar-refractivity contribution in [2.24, 2.45) is 0 Å². The molecule has 2 aromatic rings. The third-order valence-electron chi connectivity index (χ3n) is 5.33. The lowest BCUT2D eigenvalue weighted by molar-refractivity contribution is -0.0498. The van der Waals surface area contributed by atoms with E-state index in [0.717, 1.165) is 25.9 Å². The van der Waals surface area contributed by atoms with Crippen molar-refractivity contribution >= 4 is 17.3 Å². The van der Waals surface area contributed by atoms with Crippen LogP contribution in [0.1, 0.15) is 29.6 Å². The Balaban J connectivity index is 1.49. The zero-order chi connectivity index (χ0) is 19.5. The molecular weight excluding hydrogens is 364 g/mol. The summed E-state index contributed by atoms with van der Waals surface area (Å²) >= 11 is 0. The first-order valence-corrected chi connectivity index (χ1v) is 9.55. The minimum atomic E-state index is -2.85. The molecule has 1 amide bonds. The van der Waals surface area contributed by atoms with Gasteiger partial charge < -0.3 is 20.3 Å². The molecule has 2 aromatic carbocycles. The van der Waals surface area contributed by atoms with Gasteiger partial charge in [0, 0.05) is 30.9 Å². The van der Waals surface area contributed by atoms with Gasteiger partial charge in [0.15, 0.2) is 0 Å². The maximum Gasteiger partial charge on any atom is 0.387 e. The smallest absolute Gasteiger partial charge is 0.387 e. The van der Waals surface area contributed by atoms with Crippen LogP contribution < -0.4 is 15.4 Å². The molecule has 2 aliphatic heterocycles. The van der Waals surface area contributed by atoms with E-state index < -0.39 is 6.61 Å². The number of carbonyl (C=O) groups is 1. The molecule has 2 heterocycles. The highest BCUT2D eigenvalue weighted by Crippen LogP contribution is 2.26. The quantitative estimate of drug-likeness (QED) is 0.814. The van der Waals surface area contributed by atoms with Crippen molar-refractivity contribution in [3.8, 4) is 5.75 Å². The maximum atomic E-state index is 13.2. The minimum Gasteiger partial charge on any atom is -0.435 e.